The lowest BCUT2D eigenvalue weighted by molar-refractivity contribution is -0.161. The number of likely N-dealkylation sites (tertiary alicyclic amines) is 1. The molecule has 8 heteroatoms. The smallest absolute Gasteiger partial charge is 0.348 e. The Morgan fingerprint density at radius 3 is 2.33 bits per heavy atom. The standard InChI is InChI=1S/C16H19ClN2O5/c1-11(20)18-10-14(21)19-8-6-16(7-9-19,15(22)23)24-13-4-2-12(17)3-5-13/h2-5H,6-10H2,1H3,(H,18,20)(H,22,23). The molecule has 2 amide bonds. The highest BCUT2D eigenvalue weighted by Gasteiger charge is 2.44. The average molecular weight is 355 g/mol. The number of piperidine rings is 1. The highest BCUT2D eigenvalue weighted by molar-refractivity contribution is 6.30. The van der Waals surface area contributed by atoms with Gasteiger partial charge in [0.1, 0.15) is 5.75 Å². The molecule has 0 unspecified atom stereocenters. The summed E-state index contributed by atoms with van der Waals surface area (Å²) in [6.45, 7) is 1.74. The Bertz CT molecular complexity index is 624. The van der Waals surface area contributed by atoms with Crippen molar-refractivity contribution in [1.29, 1.82) is 0 Å². The number of carbonyl (C=O) groups is 3. The summed E-state index contributed by atoms with van der Waals surface area (Å²) < 4.78 is 5.72. The second-order valence-corrected chi connectivity index (χ2v) is 6.08. The van der Waals surface area contributed by atoms with Crippen LogP contribution in [0.25, 0.3) is 0 Å². The van der Waals surface area contributed by atoms with Crippen LogP contribution >= 0.6 is 11.6 Å². The monoisotopic (exact) mass is 354 g/mol. The van der Waals surface area contributed by atoms with Crippen molar-refractivity contribution in [1.82, 2.24) is 10.2 Å². The molecule has 1 saturated heterocycles. The van der Waals surface area contributed by atoms with Gasteiger partial charge in [-0.25, -0.2) is 4.79 Å². The Kier molecular flexibility index (Phi) is 5.66. The van der Waals surface area contributed by atoms with Crippen molar-refractivity contribution >= 4 is 29.4 Å². The van der Waals surface area contributed by atoms with Gasteiger partial charge in [-0.15, -0.1) is 0 Å². The first-order valence-corrected chi connectivity index (χ1v) is 7.90. The zero-order chi connectivity index (χ0) is 17.7. The van der Waals surface area contributed by atoms with Crippen molar-refractivity contribution in [2.75, 3.05) is 19.6 Å². The molecule has 1 heterocycles. The number of hydrogen-bond acceptors (Lipinski definition) is 4. The minimum absolute atomic E-state index is 0.0898. The van der Waals surface area contributed by atoms with E-state index in [0.717, 1.165) is 0 Å². The van der Waals surface area contributed by atoms with Crippen LogP contribution in [-0.4, -0.2) is 53.0 Å². The largest absolute Gasteiger partial charge is 0.478 e. The third-order valence-corrected chi connectivity index (χ3v) is 4.18. The fourth-order valence-corrected chi connectivity index (χ4v) is 2.64. The molecule has 0 radical (unpaired) electrons. The van der Waals surface area contributed by atoms with Crippen LogP contribution < -0.4 is 10.1 Å². The van der Waals surface area contributed by atoms with Crippen LogP contribution in [0.1, 0.15) is 19.8 Å². The van der Waals surface area contributed by atoms with E-state index in [1.807, 2.05) is 0 Å². The molecule has 1 aliphatic heterocycles. The molecule has 0 bridgehead atoms. The molecule has 1 aromatic rings. The summed E-state index contributed by atoms with van der Waals surface area (Å²) in [4.78, 5) is 36.1. The SMILES string of the molecule is CC(=O)NCC(=O)N1CCC(Oc2ccc(Cl)cc2)(C(=O)O)CC1. The summed E-state index contributed by atoms with van der Waals surface area (Å²) in [5.74, 6) is -1.17. The van der Waals surface area contributed by atoms with Crippen LogP contribution in [0.4, 0.5) is 0 Å². The number of benzene rings is 1. The number of ether oxygens (including phenoxy) is 1. The second kappa shape index (κ2) is 7.53. The number of amides is 2. The molecule has 0 saturated carbocycles. The topological polar surface area (TPSA) is 95.9 Å². The van der Waals surface area contributed by atoms with Crippen molar-refractivity contribution in [2.24, 2.45) is 0 Å². The van der Waals surface area contributed by atoms with Crippen molar-refractivity contribution in [3.05, 3.63) is 29.3 Å². The van der Waals surface area contributed by atoms with E-state index in [1.54, 1.807) is 24.3 Å². The van der Waals surface area contributed by atoms with Gasteiger partial charge in [0, 0.05) is 37.9 Å². The number of nitrogens with zero attached hydrogens (tertiary/aromatic N) is 1. The van der Waals surface area contributed by atoms with E-state index in [0.29, 0.717) is 10.8 Å². The Labute approximate surface area is 144 Å². The minimum atomic E-state index is -1.38. The van der Waals surface area contributed by atoms with E-state index < -0.39 is 11.6 Å². The number of rotatable bonds is 5. The van der Waals surface area contributed by atoms with Gasteiger partial charge in [-0.05, 0) is 24.3 Å². The number of carboxylic acid groups (broad SMARTS) is 1. The Morgan fingerprint density at radius 1 is 1.25 bits per heavy atom. The summed E-state index contributed by atoms with van der Waals surface area (Å²) in [6.07, 6.45) is 0.327. The first-order valence-electron chi connectivity index (χ1n) is 7.52. The molecule has 0 aromatic heterocycles. The van der Waals surface area contributed by atoms with Gasteiger partial charge in [-0.3, -0.25) is 9.59 Å². The number of nitrogens with one attached hydrogen (secondary N) is 1. The van der Waals surface area contributed by atoms with Crippen molar-refractivity contribution < 1.29 is 24.2 Å². The van der Waals surface area contributed by atoms with Gasteiger partial charge in [0.25, 0.3) is 0 Å². The van der Waals surface area contributed by atoms with Gasteiger partial charge in [-0.2, -0.15) is 0 Å². The second-order valence-electron chi connectivity index (χ2n) is 5.65. The molecule has 2 N–H and O–H groups in total. The molecule has 24 heavy (non-hydrogen) atoms. The van der Waals surface area contributed by atoms with Crippen molar-refractivity contribution in [3.63, 3.8) is 0 Å². The highest BCUT2D eigenvalue weighted by atomic mass is 35.5. The molecule has 1 fully saturated rings. The molecular weight excluding hydrogens is 336 g/mol. The molecule has 0 atom stereocenters. The number of carboxylic acids is 1. The third kappa shape index (κ3) is 4.38. The summed E-state index contributed by atoms with van der Waals surface area (Å²) >= 11 is 5.81. The maximum atomic E-state index is 12.0. The maximum Gasteiger partial charge on any atom is 0.348 e. The quantitative estimate of drug-likeness (QED) is 0.831. The Morgan fingerprint density at radius 2 is 1.83 bits per heavy atom. The summed E-state index contributed by atoms with van der Waals surface area (Å²) in [5.41, 5.74) is -1.38. The predicted molar refractivity (Wildman–Crippen MR) is 86.9 cm³/mol. The Hall–Kier alpha value is -2.28. The highest BCUT2D eigenvalue weighted by Crippen LogP contribution is 2.30. The average Bonchev–Trinajstić information content (AvgIpc) is 2.55. The number of carbonyl (C=O) groups excluding carboxylic acids is 2. The molecule has 130 valence electrons. The first kappa shape index (κ1) is 18.1. The van der Waals surface area contributed by atoms with Crippen LogP contribution in [0.15, 0.2) is 24.3 Å². The Balaban J connectivity index is 2.01. The minimum Gasteiger partial charge on any atom is -0.478 e. The van der Waals surface area contributed by atoms with Crippen LogP contribution in [0.3, 0.4) is 0 Å². The predicted octanol–water partition coefficient (Wildman–Crippen LogP) is 1.30. The number of hydrogen-bond donors (Lipinski definition) is 2. The van der Waals surface area contributed by atoms with Crippen molar-refractivity contribution in [2.45, 2.75) is 25.4 Å². The normalized spacial score (nSPS) is 16.3. The fraction of sp³-hybridized carbons (Fsp3) is 0.438. The molecule has 0 aliphatic carbocycles. The van der Waals surface area contributed by atoms with Gasteiger partial charge in [0.2, 0.25) is 17.4 Å². The lowest BCUT2D eigenvalue weighted by atomic mass is 9.91. The molecule has 1 aromatic carbocycles. The zero-order valence-electron chi connectivity index (χ0n) is 13.3. The van der Waals surface area contributed by atoms with Gasteiger partial charge in [0.15, 0.2) is 0 Å². The summed E-state index contributed by atoms with van der Waals surface area (Å²) in [5, 5.41) is 12.6. The maximum absolute atomic E-state index is 12.0. The van der Waals surface area contributed by atoms with Crippen molar-refractivity contribution in [3.8, 4) is 5.75 Å². The lowest BCUT2D eigenvalue weighted by Gasteiger charge is -2.38. The summed E-state index contributed by atoms with van der Waals surface area (Å²) in [6, 6.07) is 6.47. The van der Waals surface area contributed by atoms with E-state index in [-0.39, 0.29) is 44.3 Å². The molecule has 2 rings (SSSR count). The lowest BCUT2D eigenvalue weighted by Crippen LogP contribution is -2.55. The van der Waals surface area contributed by atoms with E-state index >= 15 is 0 Å². The van der Waals surface area contributed by atoms with Gasteiger partial charge in [0.05, 0.1) is 6.54 Å². The molecular formula is C16H19ClN2O5. The first-order chi connectivity index (χ1) is 11.3. The van der Waals surface area contributed by atoms with E-state index in [1.165, 1.54) is 11.8 Å². The molecule has 0 spiro atoms. The van der Waals surface area contributed by atoms with Gasteiger partial charge in [-0.1, -0.05) is 11.6 Å². The van der Waals surface area contributed by atoms with Gasteiger partial charge < -0.3 is 20.1 Å². The molecule has 7 nitrogen and oxygen atoms in total. The molecule has 1 aliphatic rings. The van der Waals surface area contributed by atoms with E-state index in [2.05, 4.69) is 5.32 Å². The van der Waals surface area contributed by atoms with Crippen LogP contribution in [0.2, 0.25) is 5.02 Å². The van der Waals surface area contributed by atoms with Crippen LogP contribution in [0, 0.1) is 0 Å². The van der Waals surface area contributed by atoms with Crippen LogP contribution in [-0.2, 0) is 14.4 Å². The number of halogens is 1. The van der Waals surface area contributed by atoms with E-state index in [9.17, 15) is 19.5 Å². The van der Waals surface area contributed by atoms with Crippen LogP contribution in [0.5, 0.6) is 5.75 Å². The summed E-state index contributed by atoms with van der Waals surface area (Å²) in [7, 11) is 0. The fourth-order valence-electron chi connectivity index (χ4n) is 2.52. The number of aliphatic carboxylic acids is 1. The van der Waals surface area contributed by atoms with E-state index in [4.69, 9.17) is 16.3 Å². The third-order valence-electron chi connectivity index (χ3n) is 3.93. The zero-order valence-corrected chi connectivity index (χ0v) is 14.0. The van der Waals surface area contributed by atoms with Gasteiger partial charge >= 0.3 is 5.97 Å².